The van der Waals surface area contributed by atoms with Crippen LogP contribution < -0.4 is 21.7 Å². The minimum atomic E-state index is -0.727. The number of benzene rings is 1. The van der Waals surface area contributed by atoms with E-state index in [2.05, 4.69) is 6.07 Å². The third-order valence-corrected chi connectivity index (χ3v) is 1.23. The van der Waals surface area contributed by atoms with Gasteiger partial charge < -0.3 is 21.7 Å². The van der Waals surface area contributed by atoms with Gasteiger partial charge in [0.25, 0.3) is 0 Å². The molecule has 0 saturated carbocycles. The molecule has 1 rings (SSSR count). The molecule has 0 bridgehead atoms. The Hall–Kier alpha value is 0.126. The Bertz CT molecular complexity index is 313. The van der Waals surface area contributed by atoms with E-state index >= 15 is 0 Å². The normalized spacial score (nSPS) is 9.93. The smallest absolute Gasteiger partial charge is 1.00 e. The van der Waals surface area contributed by atoms with E-state index in [1.807, 2.05) is 0 Å². The Labute approximate surface area is 115 Å². The van der Waals surface area contributed by atoms with Gasteiger partial charge in [0, 0.05) is 11.6 Å². The molecule has 80 valence electrons. The maximum Gasteiger partial charge on any atom is 2.00 e. The van der Waals surface area contributed by atoms with Crippen LogP contribution in [0.25, 0.3) is 0 Å². The van der Waals surface area contributed by atoms with Crippen molar-refractivity contribution in [2.24, 2.45) is 0 Å². The zero-order chi connectivity index (χ0) is 10.1. The van der Waals surface area contributed by atoms with E-state index in [0.717, 1.165) is 12.1 Å². The molecule has 0 radical (unpaired) electrons. The van der Waals surface area contributed by atoms with Crippen molar-refractivity contribution in [2.75, 3.05) is 0 Å². The zero-order valence-electron chi connectivity index (χ0n) is 8.90. The first-order chi connectivity index (χ1) is 5.88. The van der Waals surface area contributed by atoms with E-state index in [1.54, 1.807) is 20.8 Å². The second kappa shape index (κ2) is 6.65. The van der Waals surface area contributed by atoms with Crippen molar-refractivity contribution in [1.29, 1.82) is 0 Å². The third-order valence-electron chi connectivity index (χ3n) is 1.23. The molecular weight excluding hydrogens is 278 g/mol. The Morgan fingerprint density at radius 3 is 2.20 bits per heavy atom. The van der Waals surface area contributed by atoms with E-state index in [-0.39, 0.29) is 45.8 Å². The van der Waals surface area contributed by atoms with Crippen molar-refractivity contribution in [3.8, 4) is 5.75 Å². The van der Waals surface area contributed by atoms with E-state index in [1.165, 1.54) is 0 Å². The quantitative estimate of drug-likeness (QED) is 0.503. The molecule has 0 fully saturated rings. The summed E-state index contributed by atoms with van der Waals surface area (Å²) in [5, 5.41) is 0. The minimum Gasteiger partial charge on any atom is -1.00 e. The molecule has 0 spiro atoms. The number of ether oxygens (including phenoxy) is 1. The molecule has 0 heterocycles. The molecule has 1 aromatic carbocycles. The fraction of sp³-hybridized carbons (Fsp3) is 0.400. The Morgan fingerprint density at radius 1 is 1.27 bits per heavy atom. The van der Waals surface area contributed by atoms with E-state index in [4.69, 9.17) is 4.74 Å². The summed E-state index contributed by atoms with van der Waals surface area (Å²) in [4.78, 5) is 0. The monoisotopic (exact) mass is 288 g/mol. The van der Waals surface area contributed by atoms with Crippen molar-refractivity contribution in [1.82, 2.24) is 0 Å². The van der Waals surface area contributed by atoms with E-state index < -0.39 is 17.2 Å². The van der Waals surface area contributed by atoms with Crippen LogP contribution in [0.5, 0.6) is 5.75 Å². The molecular formula is C10H11BrF2MgO. The summed E-state index contributed by atoms with van der Waals surface area (Å²) in [7, 11) is 0. The van der Waals surface area contributed by atoms with Gasteiger partial charge in [0.2, 0.25) is 0 Å². The molecule has 0 aliphatic heterocycles. The van der Waals surface area contributed by atoms with Crippen LogP contribution in [-0.4, -0.2) is 28.7 Å². The van der Waals surface area contributed by atoms with Gasteiger partial charge >= 0.3 is 23.1 Å². The summed E-state index contributed by atoms with van der Waals surface area (Å²) < 4.78 is 30.6. The van der Waals surface area contributed by atoms with E-state index in [9.17, 15) is 8.78 Å². The maximum absolute atomic E-state index is 13.0. The van der Waals surface area contributed by atoms with Crippen LogP contribution in [0, 0.1) is 17.7 Å². The first-order valence-corrected chi connectivity index (χ1v) is 3.94. The fourth-order valence-electron chi connectivity index (χ4n) is 0.816. The molecule has 0 unspecified atom stereocenters. The van der Waals surface area contributed by atoms with Gasteiger partial charge in [-0.3, -0.25) is 8.78 Å². The summed E-state index contributed by atoms with van der Waals surface area (Å²) >= 11 is 0. The van der Waals surface area contributed by atoms with Crippen molar-refractivity contribution in [3.63, 3.8) is 0 Å². The summed E-state index contributed by atoms with van der Waals surface area (Å²) in [6, 6.07) is 4.21. The van der Waals surface area contributed by atoms with Crippen LogP contribution in [0.3, 0.4) is 0 Å². The first kappa shape index (κ1) is 17.5. The van der Waals surface area contributed by atoms with Gasteiger partial charge in [-0.25, -0.2) is 0 Å². The predicted octanol–water partition coefficient (Wildman–Crippen LogP) is -0.435. The van der Waals surface area contributed by atoms with Crippen LogP contribution in [0.15, 0.2) is 12.1 Å². The molecule has 5 heteroatoms. The molecule has 1 aromatic rings. The number of hydrogen-bond donors (Lipinski definition) is 0. The van der Waals surface area contributed by atoms with Gasteiger partial charge in [0.1, 0.15) is 0 Å². The molecule has 0 aliphatic carbocycles. The van der Waals surface area contributed by atoms with Crippen molar-refractivity contribution in [2.45, 2.75) is 26.4 Å². The van der Waals surface area contributed by atoms with E-state index in [0.29, 0.717) is 0 Å². The van der Waals surface area contributed by atoms with Crippen LogP contribution in [0.4, 0.5) is 8.78 Å². The topological polar surface area (TPSA) is 9.23 Å². The summed E-state index contributed by atoms with van der Waals surface area (Å²) in [5.41, 5.74) is -0.505. The summed E-state index contributed by atoms with van der Waals surface area (Å²) in [6.07, 6.45) is 0. The molecule has 0 amide bonds. The Morgan fingerprint density at radius 2 is 1.80 bits per heavy atom. The molecule has 0 aliphatic rings. The number of hydrogen-bond acceptors (Lipinski definition) is 1. The van der Waals surface area contributed by atoms with Gasteiger partial charge in [-0.1, -0.05) is 6.07 Å². The van der Waals surface area contributed by atoms with Gasteiger partial charge in [-0.05, 0) is 20.8 Å². The Balaban J connectivity index is 0. The fourth-order valence-corrected chi connectivity index (χ4v) is 0.816. The molecule has 0 N–H and O–H groups in total. The third kappa shape index (κ3) is 6.32. The average molecular weight is 289 g/mol. The predicted molar refractivity (Wildman–Crippen MR) is 51.3 cm³/mol. The molecule has 15 heavy (non-hydrogen) atoms. The van der Waals surface area contributed by atoms with Crippen LogP contribution in [0.1, 0.15) is 20.8 Å². The maximum atomic E-state index is 13.0. The first-order valence-electron chi connectivity index (χ1n) is 3.94. The second-order valence-electron chi connectivity index (χ2n) is 3.71. The SMILES string of the molecule is CC(C)(C)Oc1[c-]cc(F)cc1F.[Br-].[Mg+2]. The minimum absolute atomic E-state index is 0. The van der Waals surface area contributed by atoms with Gasteiger partial charge in [-0.2, -0.15) is 0 Å². The van der Waals surface area contributed by atoms with Crippen molar-refractivity contribution >= 4 is 23.1 Å². The van der Waals surface area contributed by atoms with Crippen LogP contribution in [-0.2, 0) is 0 Å². The summed E-state index contributed by atoms with van der Waals surface area (Å²) in [6.45, 7) is 5.34. The largest absolute Gasteiger partial charge is 2.00 e. The molecule has 0 aromatic heterocycles. The van der Waals surface area contributed by atoms with Gasteiger partial charge in [0.15, 0.2) is 0 Å². The van der Waals surface area contributed by atoms with Gasteiger partial charge in [-0.15, -0.1) is 12.1 Å². The second-order valence-corrected chi connectivity index (χ2v) is 3.71. The van der Waals surface area contributed by atoms with Crippen LogP contribution in [0.2, 0.25) is 0 Å². The zero-order valence-corrected chi connectivity index (χ0v) is 11.9. The summed E-state index contributed by atoms with van der Waals surface area (Å²) in [5.74, 6) is -1.43. The van der Waals surface area contributed by atoms with Crippen molar-refractivity contribution in [3.05, 3.63) is 29.8 Å². The van der Waals surface area contributed by atoms with Crippen LogP contribution >= 0.6 is 0 Å². The molecule has 1 nitrogen and oxygen atoms in total. The number of halogens is 3. The van der Waals surface area contributed by atoms with Crippen molar-refractivity contribution < 1.29 is 30.5 Å². The Kier molecular flexibility index (Phi) is 7.77. The standard InChI is InChI=1S/C10H11F2O.BrH.Mg/c1-10(2,3)13-9-5-4-7(11)6-8(9)12;;/h4,6H,1-3H3;1H;/q-1;;+2/p-1. The van der Waals surface area contributed by atoms with Gasteiger partial charge in [0.05, 0.1) is 11.4 Å². The molecule has 0 atom stereocenters. The molecule has 0 saturated heterocycles. The average Bonchev–Trinajstić information content (AvgIpc) is 1.93. The number of rotatable bonds is 1.